The fraction of sp³-hybridized carbons (Fsp3) is 0.143. The highest BCUT2D eigenvalue weighted by Crippen LogP contribution is 2.06. The van der Waals surface area contributed by atoms with Crippen LogP contribution in [0.15, 0.2) is 47.1 Å². The molecule has 0 bridgehead atoms. The van der Waals surface area contributed by atoms with Gasteiger partial charge in [-0.2, -0.15) is 5.26 Å². The Kier molecular flexibility index (Phi) is 3.77. The first kappa shape index (κ1) is 11.9. The number of amides is 1. The topological polar surface area (TPSA) is 66.0 Å². The molecule has 1 heterocycles. The first-order chi connectivity index (χ1) is 8.79. The predicted molar refractivity (Wildman–Crippen MR) is 65.6 cm³/mol. The Bertz CT molecular complexity index is 550. The van der Waals surface area contributed by atoms with E-state index in [1.165, 1.54) is 0 Å². The molecule has 0 aliphatic rings. The molecule has 18 heavy (non-hydrogen) atoms. The summed E-state index contributed by atoms with van der Waals surface area (Å²) in [6.07, 6.45) is 1.92. The Labute approximate surface area is 105 Å². The molecule has 1 aromatic heterocycles. The average Bonchev–Trinajstić information content (AvgIpc) is 2.90. The zero-order valence-electron chi connectivity index (χ0n) is 9.72. The molecule has 0 aliphatic carbocycles. The predicted octanol–water partition coefficient (Wildman–Crippen LogP) is 2.28. The molecule has 0 fully saturated rings. The highest BCUT2D eigenvalue weighted by atomic mass is 16.3. The van der Waals surface area contributed by atoms with Gasteiger partial charge in [0.25, 0.3) is 5.91 Å². The SMILES string of the molecule is N#CCc1ccc(C(=O)NCc2ccco2)cc1. The molecule has 4 heteroatoms. The third-order valence-corrected chi connectivity index (χ3v) is 2.50. The van der Waals surface area contributed by atoms with Crippen LogP contribution in [0.4, 0.5) is 0 Å². The van der Waals surface area contributed by atoms with Crippen molar-refractivity contribution in [1.82, 2.24) is 5.32 Å². The maximum Gasteiger partial charge on any atom is 0.251 e. The van der Waals surface area contributed by atoms with Crippen molar-refractivity contribution >= 4 is 5.91 Å². The van der Waals surface area contributed by atoms with Crippen LogP contribution in [0.2, 0.25) is 0 Å². The Balaban J connectivity index is 1.94. The Morgan fingerprint density at radius 3 is 2.67 bits per heavy atom. The molecule has 90 valence electrons. The Morgan fingerprint density at radius 1 is 1.28 bits per heavy atom. The number of nitriles is 1. The molecule has 2 aromatic rings. The molecule has 0 aliphatic heterocycles. The van der Waals surface area contributed by atoms with Crippen LogP contribution < -0.4 is 5.32 Å². The lowest BCUT2D eigenvalue weighted by atomic mass is 10.1. The molecule has 0 radical (unpaired) electrons. The van der Waals surface area contributed by atoms with Crippen molar-refractivity contribution in [3.05, 3.63) is 59.5 Å². The molecule has 0 unspecified atom stereocenters. The molecule has 1 amide bonds. The summed E-state index contributed by atoms with van der Waals surface area (Å²) in [4.78, 5) is 11.8. The van der Waals surface area contributed by atoms with Crippen molar-refractivity contribution in [3.8, 4) is 6.07 Å². The van der Waals surface area contributed by atoms with Crippen LogP contribution in [0.3, 0.4) is 0 Å². The van der Waals surface area contributed by atoms with Crippen LogP contribution in [0.1, 0.15) is 21.7 Å². The quantitative estimate of drug-likeness (QED) is 0.891. The van der Waals surface area contributed by atoms with E-state index in [-0.39, 0.29) is 5.91 Å². The van der Waals surface area contributed by atoms with E-state index >= 15 is 0 Å². The van der Waals surface area contributed by atoms with Gasteiger partial charge in [-0.25, -0.2) is 0 Å². The Morgan fingerprint density at radius 2 is 2.06 bits per heavy atom. The first-order valence-electron chi connectivity index (χ1n) is 5.56. The molecule has 0 saturated carbocycles. The standard InChI is InChI=1S/C14H12N2O2/c15-8-7-11-3-5-12(6-4-11)14(17)16-10-13-2-1-9-18-13/h1-6,9H,7,10H2,(H,16,17). The van der Waals surface area contributed by atoms with Crippen molar-refractivity contribution in [2.75, 3.05) is 0 Å². The molecular formula is C14H12N2O2. The third-order valence-electron chi connectivity index (χ3n) is 2.50. The molecule has 4 nitrogen and oxygen atoms in total. The molecule has 2 rings (SSSR count). The number of carbonyl (C=O) groups excluding carboxylic acids is 1. The van der Waals surface area contributed by atoms with Crippen LogP contribution >= 0.6 is 0 Å². The number of hydrogen-bond donors (Lipinski definition) is 1. The molecular weight excluding hydrogens is 228 g/mol. The Hall–Kier alpha value is -2.54. The first-order valence-corrected chi connectivity index (χ1v) is 5.56. The van der Waals surface area contributed by atoms with Gasteiger partial charge in [0.15, 0.2) is 0 Å². The highest BCUT2D eigenvalue weighted by molar-refractivity contribution is 5.94. The second-order valence-electron chi connectivity index (χ2n) is 3.79. The largest absolute Gasteiger partial charge is 0.467 e. The van der Waals surface area contributed by atoms with Crippen LogP contribution in [0.25, 0.3) is 0 Å². The third kappa shape index (κ3) is 2.98. The number of hydrogen-bond acceptors (Lipinski definition) is 3. The van der Waals surface area contributed by atoms with E-state index < -0.39 is 0 Å². The maximum absolute atomic E-state index is 11.8. The average molecular weight is 240 g/mol. The van der Waals surface area contributed by atoms with E-state index in [2.05, 4.69) is 11.4 Å². The number of rotatable bonds is 4. The number of nitrogens with zero attached hydrogens (tertiary/aromatic N) is 1. The van der Waals surface area contributed by atoms with Crippen molar-refractivity contribution in [2.24, 2.45) is 0 Å². The smallest absolute Gasteiger partial charge is 0.251 e. The molecule has 1 N–H and O–H groups in total. The van der Waals surface area contributed by atoms with Gasteiger partial charge >= 0.3 is 0 Å². The van der Waals surface area contributed by atoms with Gasteiger partial charge in [0.05, 0.1) is 25.3 Å². The van der Waals surface area contributed by atoms with Crippen molar-refractivity contribution < 1.29 is 9.21 Å². The van der Waals surface area contributed by atoms with Crippen LogP contribution in [0, 0.1) is 11.3 Å². The van der Waals surface area contributed by atoms with Crippen molar-refractivity contribution in [2.45, 2.75) is 13.0 Å². The van der Waals surface area contributed by atoms with Gasteiger partial charge in [0.2, 0.25) is 0 Å². The number of nitrogens with one attached hydrogen (secondary N) is 1. The second-order valence-corrected chi connectivity index (χ2v) is 3.79. The maximum atomic E-state index is 11.8. The lowest BCUT2D eigenvalue weighted by Crippen LogP contribution is -2.22. The minimum absolute atomic E-state index is 0.157. The van der Waals surface area contributed by atoms with Gasteiger partial charge in [0.1, 0.15) is 5.76 Å². The summed E-state index contributed by atoms with van der Waals surface area (Å²) in [7, 11) is 0. The zero-order valence-corrected chi connectivity index (χ0v) is 9.72. The molecule has 0 atom stereocenters. The summed E-state index contributed by atoms with van der Waals surface area (Å²) in [6.45, 7) is 0.367. The van der Waals surface area contributed by atoms with Crippen molar-refractivity contribution in [3.63, 3.8) is 0 Å². The fourth-order valence-electron chi connectivity index (χ4n) is 1.55. The lowest BCUT2D eigenvalue weighted by molar-refractivity contribution is 0.0948. The van der Waals surface area contributed by atoms with E-state index in [1.807, 2.05) is 0 Å². The van der Waals surface area contributed by atoms with Crippen LogP contribution in [-0.4, -0.2) is 5.91 Å². The van der Waals surface area contributed by atoms with E-state index in [0.29, 0.717) is 24.3 Å². The van der Waals surface area contributed by atoms with E-state index in [0.717, 1.165) is 5.56 Å². The minimum atomic E-state index is -0.157. The highest BCUT2D eigenvalue weighted by Gasteiger charge is 2.05. The normalized spacial score (nSPS) is 9.72. The summed E-state index contributed by atoms with van der Waals surface area (Å²) in [5.74, 6) is 0.555. The van der Waals surface area contributed by atoms with Gasteiger partial charge in [-0.1, -0.05) is 12.1 Å². The fourth-order valence-corrected chi connectivity index (χ4v) is 1.55. The molecule has 0 saturated heterocycles. The number of furan rings is 1. The van der Waals surface area contributed by atoms with E-state index in [9.17, 15) is 4.79 Å². The van der Waals surface area contributed by atoms with E-state index in [1.54, 1.807) is 42.7 Å². The van der Waals surface area contributed by atoms with Gasteiger partial charge < -0.3 is 9.73 Å². The monoisotopic (exact) mass is 240 g/mol. The lowest BCUT2D eigenvalue weighted by Gasteiger charge is -2.03. The summed E-state index contributed by atoms with van der Waals surface area (Å²) in [5, 5.41) is 11.3. The number of benzene rings is 1. The summed E-state index contributed by atoms with van der Waals surface area (Å²) >= 11 is 0. The number of carbonyl (C=O) groups is 1. The molecule has 1 aromatic carbocycles. The van der Waals surface area contributed by atoms with Crippen LogP contribution in [0.5, 0.6) is 0 Å². The molecule has 0 spiro atoms. The minimum Gasteiger partial charge on any atom is -0.467 e. The van der Waals surface area contributed by atoms with Gasteiger partial charge in [-0.15, -0.1) is 0 Å². The zero-order chi connectivity index (χ0) is 12.8. The van der Waals surface area contributed by atoms with Gasteiger partial charge in [-0.3, -0.25) is 4.79 Å². The van der Waals surface area contributed by atoms with Gasteiger partial charge in [0, 0.05) is 5.56 Å². The van der Waals surface area contributed by atoms with Crippen molar-refractivity contribution in [1.29, 1.82) is 5.26 Å². The summed E-state index contributed by atoms with van der Waals surface area (Å²) < 4.78 is 5.12. The van der Waals surface area contributed by atoms with Crippen LogP contribution in [-0.2, 0) is 13.0 Å². The van der Waals surface area contributed by atoms with Gasteiger partial charge in [-0.05, 0) is 29.8 Å². The van der Waals surface area contributed by atoms with E-state index in [4.69, 9.17) is 9.68 Å². The summed E-state index contributed by atoms with van der Waals surface area (Å²) in [5.41, 5.74) is 1.48. The summed E-state index contributed by atoms with van der Waals surface area (Å²) in [6, 6.07) is 12.6. The second kappa shape index (κ2) is 5.69.